The molecule has 0 aliphatic carbocycles. The summed E-state index contributed by atoms with van der Waals surface area (Å²) in [5.74, 6) is 0.384. The van der Waals surface area contributed by atoms with Crippen molar-refractivity contribution >= 4 is 22.8 Å². The maximum absolute atomic E-state index is 13.5. The predicted octanol–water partition coefficient (Wildman–Crippen LogP) is 7.50. The third-order valence-corrected chi connectivity index (χ3v) is 6.37. The Labute approximate surface area is 200 Å². The number of amides is 2. The Bertz CT molecular complexity index is 1410. The number of aryl methyl sites for hydroxylation is 2. The third-order valence-electron chi connectivity index (χ3n) is 6.37. The number of nitrogens with zero attached hydrogens (tertiary/aromatic N) is 2. The van der Waals surface area contributed by atoms with E-state index in [2.05, 4.69) is 10.3 Å². The van der Waals surface area contributed by atoms with E-state index in [-0.39, 0.29) is 17.6 Å². The second-order valence-electron chi connectivity index (χ2n) is 8.88. The van der Waals surface area contributed by atoms with Crippen molar-refractivity contribution in [2.45, 2.75) is 38.9 Å². The molecule has 3 aromatic carbocycles. The molecule has 0 radical (unpaired) electrons. The van der Waals surface area contributed by atoms with Gasteiger partial charge in [0.2, 0.25) is 5.89 Å². The lowest BCUT2D eigenvalue weighted by atomic mass is 9.99. The number of likely N-dealkylation sites (tertiary alicyclic amines) is 1. The second-order valence-corrected chi connectivity index (χ2v) is 8.88. The van der Waals surface area contributed by atoms with Crippen LogP contribution in [0.5, 0.6) is 0 Å². The van der Waals surface area contributed by atoms with Crippen LogP contribution in [-0.4, -0.2) is 22.5 Å². The molecule has 1 aliphatic heterocycles. The van der Waals surface area contributed by atoms with Gasteiger partial charge in [-0.25, -0.2) is 9.78 Å². The number of alkyl halides is 3. The average molecular weight is 480 g/mol. The highest BCUT2D eigenvalue weighted by atomic mass is 19.4. The molecule has 1 unspecified atom stereocenters. The lowest BCUT2D eigenvalue weighted by Crippen LogP contribution is -2.34. The van der Waals surface area contributed by atoms with E-state index < -0.39 is 11.7 Å². The van der Waals surface area contributed by atoms with Gasteiger partial charge in [-0.1, -0.05) is 42.0 Å². The quantitative estimate of drug-likeness (QED) is 0.331. The molecule has 1 N–H and O–H groups in total. The first-order chi connectivity index (χ1) is 16.7. The molecule has 0 spiro atoms. The number of halogens is 3. The number of anilines is 1. The molecule has 1 aliphatic rings. The number of carbonyl (C=O) groups excluding carboxylic acids is 1. The molecular formula is C27H24F3N3O2. The minimum Gasteiger partial charge on any atom is -0.438 e. The summed E-state index contributed by atoms with van der Waals surface area (Å²) in [6.07, 6.45) is -2.97. The van der Waals surface area contributed by atoms with Crippen LogP contribution >= 0.6 is 0 Å². The molecule has 0 bridgehead atoms. The van der Waals surface area contributed by atoms with Gasteiger partial charge >= 0.3 is 12.2 Å². The van der Waals surface area contributed by atoms with Gasteiger partial charge in [0.15, 0.2) is 5.58 Å². The van der Waals surface area contributed by atoms with Crippen molar-refractivity contribution in [3.8, 4) is 11.1 Å². The molecule has 4 aromatic rings. The Balaban J connectivity index is 1.43. The molecular weight excluding hydrogens is 455 g/mol. The summed E-state index contributed by atoms with van der Waals surface area (Å²) in [4.78, 5) is 19.3. The summed E-state index contributed by atoms with van der Waals surface area (Å²) < 4.78 is 46.5. The number of hydrogen-bond acceptors (Lipinski definition) is 3. The van der Waals surface area contributed by atoms with E-state index in [1.807, 2.05) is 32.0 Å². The predicted molar refractivity (Wildman–Crippen MR) is 128 cm³/mol. The van der Waals surface area contributed by atoms with Crippen LogP contribution in [0.2, 0.25) is 0 Å². The zero-order valence-corrected chi connectivity index (χ0v) is 19.3. The van der Waals surface area contributed by atoms with E-state index in [0.717, 1.165) is 29.3 Å². The molecule has 1 saturated heterocycles. The van der Waals surface area contributed by atoms with Crippen molar-refractivity contribution in [1.82, 2.24) is 9.88 Å². The molecule has 1 atom stereocenters. The van der Waals surface area contributed by atoms with Crippen LogP contribution in [-0.2, 0) is 6.18 Å². The first-order valence-electron chi connectivity index (χ1n) is 11.4. The highest BCUT2D eigenvalue weighted by molar-refractivity contribution is 5.90. The Kier molecular flexibility index (Phi) is 5.75. The van der Waals surface area contributed by atoms with Gasteiger partial charge in [0, 0.05) is 12.2 Å². The highest BCUT2D eigenvalue weighted by Crippen LogP contribution is 2.39. The van der Waals surface area contributed by atoms with Crippen LogP contribution in [0.15, 0.2) is 65.1 Å². The maximum Gasteiger partial charge on any atom is 0.417 e. The van der Waals surface area contributed by atoms with Gasteiger partial charge in [0.05, 0.1) is 5.56 Å². The maximum atomic E-state index is 13.5. The fourth-order valence-electron chi connectivity index (χ4n) is 4.64. The normalized spacial score (nSPS) is 16.1. The van der Waals surface area contributed by atoms with Gasteiger partial charge in [-0.2, -0.15) is 13.2 Å². The summed E-state index contributed by atoms with van der Waals surface area (Å²) in [6, 6.07) is 15.5. The average Bonchev–Trinajstić information content (AvgIpc) is 3.46. The Morgan fingerprint density at radius 3 is 2.66 bits per heavy atom. The topological polar surface area (TPSA) is 58.4 Å². The zero-order chi connectivity index (χ0) is 24.7. The van der Waals surface area contributed by atoms with Gasteiger partial charge in [0.25, 0.3) is 0 Å². The lowest BCUT2D eigenvalue weighted by molar-refractivity contribution is -0.137. The summed E-state index contributed by atoms with van der Waals surface area (Å²) >= 11 is 0. The van der Waals surface area contributed by atoms with Crippen molar-refractivity contribution in [1.29, 1.82) is 0 Å². The Morgan fingerprint density at radius 1 is 1.09 bits per heavy atom. The first-order valence-corrected chi connectivity index (χ1v) is 11.4. The second kappa shape index (κ2) is 8.76. The van der Waals surface area contributed by atoms with Crippen molar-refractivity contribution in [2.24, 2.45) is 0 Å². The monoisotopic (exact) mass is 479 g/mol. The zero-order valence-electron chi connectivity index (χ0n) is 19.3. The molecule has 180 valence electrons. The largest absolute Gasteiger partial charge is 0.438 e. The fraction of sp³-hybridized carbons (Fsp3) is 0.259. The third kappa shape index (κ3) is 4.48. The van der Waals surface area contributed by atoms with Crippen LogP contribution in [0.25, 0.3) is 22.2 Å². The summed E-state index contributed by atoms with van der Waals surface area (Å²) in [7, 11) is 0. The van der Waals surface area contributed by atoms with Crippen LogP contribution in [0.3, 0.4) is 0 Å². The number of benzene rings is 3. The van der Waals surface area contributed by atoms with Crippen molar-refractivity contribution < 1.29 is 22.4 Å². The number of aromatic nitrogens is 1. The number of hydrogen-bond donors (Lipinski definition) is 1. The van der Waals surface area contributed by atoms with Crippen molar-refractivity contribution in [2.75, 3.05) is 11.9 Å². The van der Waals surface area contributed by atoms with Crippen molar-refractivity contribution in [3.63, 3.8) is 0 Å². The molecule has 5 rings (SSSR count). The van der Waals surface area contributed by atoms with Crippen LogP contribution < -0.4 is 5.32 Å². The minimum atomic E-state index is -4.46. The standard InChI is InChI=1S/C27H24F3N3O2/c1-16-9-11-21(17(2)14-16)32-26(34)33-13-5-8-23(33)25-31-22-15-18(10-12-24(22)35-25)19-6-3-4-7-20(19)27(28,29)30/h3-4,6-7,9-12,14-15,23H,5,8,13H2,1-2H3,(H,32,34). The fourth-order valence-corrected chi connectivity index (χ4v) is 4.64. The van der Waals surface area contributed by atoms with Gasteiger partial charge in [-0.15, -0.1) is 0 Å². The number of nitrogens with one attached hydrogen (secondary N) is 1. The van der Waals surface area contributed by atoms with Crippen LogP contribution in [0.1, 0.15) is 41.5 Å². The smallest absolute Gasteiger partial charge is 0.417 e. The van der Waals surface area contributed by atoms with Gasteiger partial charge in [-0.05, 0) is 67.6 Å². The van der Waals surface area contributed by atoms with E-state index in [0.29, 0.717) is 35.5 Å². The minimum absolute atomic E-state index is 0.0850. The molecule has 2 amide bonds. The molecule has 5 nitrogen and oxygen atoms in total. The number of rotatable bonds is 3. The molecule has 1 aromatic heterocycles. The SMILES string of the molecule is Cc1ccc(NC(=O)N2CCCC2c2nc3cc(-c4ccccc4C(F)(F)F)ccc3o2)c(C)c1. The summed E-state index contributed by atoms with van der Waals surface area (Å²) in [5, 5.41) is 2.97. The van der Waals surface area contributed by atoms with Crippen LogP contribution in [0, 0.1) is 13.8 Å². The molecule has 8 heteroatoms. The number of oxazole rings is 1. The number of fused-ring (bicyclic) bond motifs is 1. The summed E-state index contributed by atoms with van der Waals surface area (Å²) in [6.45, 7) is 4.50. The first kappa shape index (κ1) is 23.0. The number of urea groups is 1. The van der Waals surface area contributed by atoms with E-state index in [1.54, 1.807) is 29.2 Å². The van der Waals surface area contributed by atoms with Gasteiger partial charge in [-0.3, -0.25) is 0 Å². The van der Waals surface area contributed by atoms with Gasteiger partial charge in [0.1, 0.15) is 11.6 Å². The summed E-state index contributed by atoms with van der Waals surface area (Å²) in [5.41, 5.74) is 3.55. The van der Waals surface area contributed by atoms with E-state index >= 15 is 0 Å². The van der Waals surface area contributed by atoms with Gasteiger partial charge < -0.3 is 14.6 Å². The van der Waals surface area contributed by atoms with E-state index in [4.69, 9.17) is 4.42 Å². The van der Waals surface area contributed by atoms with Crippen LogP contribution in [0.4, 0.5) is 23.7 Å². The van der Waals surface area contributed by atoms with E-state index in [1.165, 1.54) is 12.1 Å². The Hall–Kier alpha value is -3.81. The van der Waals surface area contributed by atoms with E-state index in [9.17, 15) is 18.0 Å². The molecule has 2 heterocycles. The molecule has 1 fully saturated rings. The van der Waals surface area contributed by atoms with Crippen molar-refractivity contribution in [3.05, 3.63) is 83.2 Å². The number of carbonyl (C=O) groups is 1. The highest BCUT2D eigenvalue weighted by Gasteiger charge is 2.35. The Morgan fingerprint density at radius 2 is 1.89 bits per heavy atom. The lowest BCUT2D eigenvalue weighted by Gasteiger charge is -2.23. The molecule has 35 heavy (non-hydrogen) atoms. The molecule has 0 saturated carbocycles.